The maximum atomic E-state index is 13.4. The molecule has 0 N–H and O–H groups in total. The van der Waals surface area contributed by atoms with Crippen LogP contribution in [0.25, 0.3) is 5.57 Å². The predicted octanol–water partition coefficient (Wildman–Crippen LogP) is 1.74. The zero-order chi connectivity index (χ0) is 10.8. The van der Waals surface area contributed by atoms with Gasteiger partial charge in [-0.3, -0.25) is 0 Å². The molecule has 1 aliphatic heterocycles. The van der Waals surface area contributed by atoms with Crippen molar-refractivity contribution in [2.45, 2.75) is 0 Å². The van der Waals surface area contributed by atoms with E-state index >= 15 is 0 Å². The second-order valence-corrected chi connectivity index (χ2v) is 3.06. The molecule has 0 spiro atoms. The molecule has 0 atom stereocenters. The van der Waals surface area contributed by atoms with E-state index in [-0.39, 0.29) is 17.7 Å². The SMILES string of the molecule is COC1=C(c2ccccc2F)C(=O)OC1. The molecule has 0 bridgehead atoms. The molecule has 15 heavy (non-hydrogen) atoms. The summed E-state index contributed by atoms with van der Waals surface area (Å²) in [6.07, 6.45) is 0. The Morgan fingerprint density at radius 1 is 1.40 bits per heavy atom. The van der Waals surface area contributed by atoms with Crippen LogP contribution in [0.2, 0.25) is 0 Å². The summed E-state index contributed by atoms with van der Waals surface area (Å²) in [5.74, 6) is -0.636. The van der Waals surface area contributed by atoms with Gasteiger partial charge in [-0.25, -0.2) is 9.18 Å². The fraction of sp³-hybridized carbons (Fsp3) is 0.182. The summed E-state index contributed by atoms with van der Waals surface area (Å²) in [6.45, 7) is 0.0685. The Morgan fingerprint density at radius 3 is 2.80 bits per heavy atom. The third kappa shape index (κ3) is 1.58. The molecule has 0 aliphatic carbocycles. The molecule has 0 unspecified atom stereocenters. The van der Waals surface area contributed by atoms with Crippen LogP contribution in [0.5, 0.6) is 0 Å². The zero-order valence-corrected chi connectivity index (χ0v) is 8.12. The lowest BCUT2D eigenvalue weighted by molar-refractivity contribution is -0.134. The quantitative estimate of drug-likeness (QED) is 0.694. The number of halogens is 1. The molecule has 0 aromatic heterocycles. The summed E-state index contributed by atoms with van der Waals surface area (Å²) in [5.41, 5.74) is 0.396. The van der Waals surface area contributed by atoms with Crippen LogP contribution in [0.15, 0.2) is 30.0 Å². The molecule has 1 heterocycles. The van der Waals surface area contributed by atoms with Crippen molar-refractivity contribution in [1.29, 1.82) is 0 Å². The smallest absolute Gasteiger partial charge is 0.342 e. The maximum absolute atomic E-state index is 13.4. The third-order valence-corrected chi connectivity index (χ3v) is 2.21. The van der Waals surface area contributed by atoms with Gasteiger partial charge in [0.2, 0.25) is 0 Å². The van der Waals surface area contributed by atoms with Gasteiger partial charge in [-0.2, -0.15) is 0 Å². The zero-order valence-electron chi connectivity index (χ0n) is 8.12. The second-order valence-electron chi connectivity index (χ2n) is 3.06. The molecule has 1 aromatic rings. The average molecular weight is 208 g/mol. The van der Waals surface area contributed by atoms with Crippen LogP contribution in [0.3, 0.4) is 0 Å². The number of carbonyl (C=O) groups excluding carboxylic acids is 1. The number of benzene rings is 1. The monoisotopic (exact) mass is 208 g/mol. The Kier molecular flexibility index (Phi) is 2.41. The van der Waals surface area contributed by atoms with E-state index in [1.165, 1.54) is 19.2 Å². The molecular formula is C11H9FO3. The minimum atomic E-state index is -0.544. The highest BCUT2D eigenvalue weighted by atomic mass is 19.1. The van der Waals surface area contributed by atoms with Crippen molar-refractivity contribution in [2.24, 2.45) is 0 Å². The third-order valence-electron chi connectivity index (χ3n) is 2.21. The first-order chi connectivity index (χ1) is 7.24. The van der Waals surface area contributed by atoms with E-state index in [1.54, 1.807) is 12.1 Å². The van der Waals surface area contributed by atoms with Crippen molar-refractivity contribution in [3.63, 3.8) is 0 Å². The molecule has 3 nitrogen and oxygen atoms in total. The van der Waals surface area contributed by atoms with Crippen LogP contribution in [-0.4, -0.2) is 19.7 Å². The minimum absolute atomic E-state index is 0.0685. The molecule has 0 saturated heterocycles. The molecule has 1 aromatic carbocycles. The van der Waals surface area contributed by atoms with E-state index in [1.807, 2.05) is 0 Å². The summed E-state index contributed by atoms with van der Waals surface area (Å²) in [7, 11) is 1.43. The molecule has 2 rings (SSSR count). The van der Waals surface area contributed by atoms with Crippen molar-refractivity contribution in [2.75, 3.05) is 13.7 Å². The van der Waals surface area contributed by atoms with E-state index in [4.69, 9.17) is 9.47 Å². The summed E-state index contributed by atoms with van der Waals surface area (Å²) in [6, 6.07) is 6.04. The normalized spacial score (nSPS) is 15.5. The first-order valence-corrected chi connectivity index (χ1v) is 4.43. The lowest BCUT2D eigenvalue weighted by atomic mass is 10.1. The van der Waals surface area contributed by atoms with Gasteiger partial charge in [0.05, 0.1) is 7.11 Å². The van der Waals surface area contributed by atoms with Crippen LogP contribution >= 0.6 is 0 Å². The van der Waals surface area contributed by atoms with Crippen molar-refractivity contribution < 1.29 is 18.7 Å². The fourth-order valence-corrected chi connectivity index (χ4v) is 1.47. The molecule has 78 valence electrons. The number of methoxy groups -OCH3 is 1. The van der Waals surface area contributed by atoms with Crippen LogP contribution in [0.4, 0.5) is 4.39 Å². The average Bonchev–Trinajstić information content (AvgIpc) is 2.60. The maximum Gasteiger partial charge on any atom is 0.342 e. The summed E-state index contributed by atoms with van der Waals surface area (Å²) >= 11 is 0. The lowest BCUT2D eigenvalue weighted by Crippen LogP contribution is -2.00. The minimum Gasteiger partial charge on any atom is -0.497 e. The van der Waals surface area contributed by atoms with Gasteiger partial charge < -0.3 is 9.47 Å². The van der Waals surface area contributed by atoms with Crippen LogP contribution in [0.1, 0.15) is 5.56 Å². The summed E-state index contributed by atoms with van der Waals surface area (Å²) in [5, 5.41) is 0. The molecule has 0 fully saturated rings. The number of hydrogen-bond donors (Lipinski definition) is 0. The highest BCUT2D eigenvalue weighted by Gasteiger charge is 2.28. The van der Waals surface area contributed by atoms with E-state index in [9.17, 15) is 9.18 Å². The molecular weight excluding hydrogens is 199 g/mol. The Hall–Kier alpha value is -1.84. The molecule has 0 saturated carbocycles. The summed E-state index contributed by atoms with van der Waals surface area (Å²) < 4.78 is 23.2. The Bertz CT molecular complexity index is 437. The standard InChI is InChI=1S/C11H9FO3/c1-14-9-6-15-11(13)10(9)7-4-2-3-5-8(7)12/h2-5H,6H2,1H3. The van der Waals surface area contributed by atoms with E-state index < -0.39 is 11.8 Å². The number of rotatable bonds is 2. The molecule has 4 heteroatoms. The van der Waals surface area contributed by atoms with Gasteiger partial charge in [-0.05, 0) is 6.07 Å². The van der Waals surface area contributed by atoms with Crippen molar-refractivity contribution in [3.05, 3.63) is 41.4 Å². The van der Waals surface area contributed by atoms with Crippen molar-refractivity contribution in [1.82, 2.24) is 0 Å². The number of cyclic esters (lactones) is 1. The number of hydrogen-bond acceptors (Lipinski definition) is 3. The topological polar surface area (TPSA) is 35.5 Å². The molecule has 1 aliphatic rings. The van der Waals surface area contributed by atoms with Gasteiger partial charge in [-0.1, -0.05) is 18.2 Å². The van der Waals surface area contributed by atoms with Gasteiger partial charge in [0.1, 0.15) is 23.8 Å². The molecule has 0 amide bonds. The van der Waals surface area contributed by atoms with E-state index in [0.717, 1.165) is 0 Å². The first kappa shape index (κ1) is 9.71. The first-order valence-electron chi connectivity index (χ1n) is 4.43. The van der Waals surface area contributed by atoms with Crippen molar-refractivity contribution >= 4 is 11.5 Å². The van der Waals surface area contributed by atoms with Crippen LogP contribution in [-0.2, 0) is 14.3 Å². The number of ether oxygens (including phenoxy) is 2. The van der Waals surface area contributed by atoms with E-state index in [2.05, 4.69) is 0 Å². The van der Waals surface area contributed by atoms with E-state index in [0.29, 0.717) is 5.76 Å². The van der Waals surface area contributed by atoms with Gasteiger partial charge in [0, 0.05) is 5.56 Å². The highest BCUT2D eigenvalue weighted by molar-refractivity contribution is 6.18. The van der Waals surface area contributed by atoms with Crippen molar-refractivity contribution in [3.8, 4) is 0 Å². The Labute approximate surface area is 86.1 Å². The Morgan fingerprint density at radius 2 is 2.13 bits per heavy atom. The number of esters is 1. The lowest BCUT2D eigenvalue weighted by Gasteiger charge is -2.03. The number of carbonyl (C=O) groups is 1. The fourth-order valence-electron chi connectivity index (χ4n) is 1.47. The Balaban J connectivity index is 2.54. The predicted molar refractivity (Wildman–Crippen MR) is 51.3 cm³/mol. The summed E-state index contributed by atoms with van der Waals surface area (Å²) in [4.78, 5) is 11.4. The van der Waals surface area contributed by atoms with Gasteiger partial charge in [0.15, 0.2) is 0 Å². The second kappa shape index (κ2) is 3.73. The van der Waals surface area contributed by atoms with Gasteiger partial charge >= 0.3 is 5.97 Å². The largest absolute Gasteiger partial charge is 0.497 e. The van der Waals surface area contributed by atoms with Gasteiger partial charge in [0.25, 0.3) is 0 Å². The molecule has 0 radical (unpaired) electrons. The van der Waals surface area contributed by atoms with Crippen LogP contribution < -0.4 is 0 Å². The van der Waals surface area contributed by atoms with Gasteiger partial charge in [-0.15, -0.1) is 0 Å². The highest BCUT2D eigenvalue weighted by Crippen LogP contribution is 2.28. The van der Waals surface area contributed by atoms with Crippen LogP contribution in [0, 0.1) is 5.82 Å².